The Morgan fingerprint density at radius 1 is 1.00 bits per heavy atom. The van der Waals surface area contributed by atoms with Gasteiger partial charge in [-0.2, -0.15) is 0 Å². The van der Waals surface area contributed by atoms with E-state index in [1.807, 2.05) is 6.07 Å². The first-order valence-corrected chi connectivity index (χ1v) is 10.2. The van der Waals surface area contributed by atoms with Crippen molar-refractivity contribution in [3.8, 4) is 0 Å². The Kier molecular flexibility index (Phi) is 3.67. The molecule has 5 heteroatoms. The van der Waals surface area contributed by atoms with Gasteiger partial charge in [0, 0.05) is 0 Å². The molecule has 2 aliphatic rings. The van der Waals surface area contributed by atoms with Crippen LogP contribution in [0.15, 0.2) is 36.4 Å². The fourth-order valence-corrected chi connectivity index (χ4v) is 4.93. The summed E-state index contributed by atoms with van der Waals surface area (Å²) < 4.78 is 26.8. The van der Waals surface area contributed by atoms with Crippen LogP contribution in [0.25, 0.3) is 10.8 Å². The van der Waals surface area contributed by atoms with Gasteiger partial charge in [0.05, 0.1) is 18.3 Å². The minimum absolute atomic E-state index is 0.103. The molecule has 0 amide bonds. The zero-order valence-corrected chi connectivity index (χ0v) is 14.1. The lowest BCUT2D eigenvalue weighted by Gasteiger charge is -2.36. The van der Waals surface area contributed by atoms with E-state index in [9.17, 15) is 8.42 Å². The molecule has 2 aromatic carbocycles. The molecule has 1 aliphatic heterocycles. The Morgan fingerprint density at radius 3 is 2.30 bits per heavy atom. The van der Waals surface area contributed by atoms with Crippen molar-refractivity contribution in [3.63, 3.8) is 0 Å². The van der Waals surface area contributed by atoms with Crippen LogP contribution in [0.1, 0.15) is 42.5 Å². The number of benzene rings is 2. The summed E-state index contributed by atoms with van der Waals surface area (Å²) in [6.07, 6.45) is 4.90. The number of rotatable bonds is 3. The summed E-state index contributed by atoms with van der Waals surface area (Å²) in [4.78, 5) is 2.46. The Bertz CT molecular complexity index is 836. The van der Waals surface area contributed by atoms with Crippen molar-refractivity contribution in [1.29, 1.82) is 0 Å². The van der Waals surface area contributed by atoms with Crippen LogP contribution in [-0.2, 0) is 10.0 Å². The lowest BCUT2D eigenvalue weighted by molar-refractivity contribution is 0.143. The molecule has 1 fully saturated rings. The summed E-state index contributed by atoms with van der Waals surface area (Å²) in [5, 5.41) is 2.42. The number of nitrogens with zero attached hydrogens (tertiary/aromatic N) is 1. The highest BCUT2D eigenvalue weighted by Crippen LogP contribution is 2.47. The number of piperidine rings is 1. The molecule has 4 rings (SSSR count). The minimum atomic E-state index is -3.27. The molecule has 122 valence electrons. The number of nitrogens with one attached hydrogen (secondary N) is 1. The van der Waals surface area contributed by atoms with Crippen molar-refractivity contribution in [3.05, 3.63) is 47.5 Å². The predicted molar refractivity (Wildman–Crippen MR) is 92.8 cm³/mol. The lowest BCUT2D eigenvalue weighted by atomic mass is 10.0. The predicted octanol–water partition coefficient (Wildman–Crippen LogP) is 2.97. The Labute approximate surface area is 137 Å². The van der Waals surface area contributed by atoms with E-state index in [0.717, 1.165) is 18.7 Å². The van der Waals surface area contributed by atoms with E-state index in [4.69, 9.17) is 0 Å². The first-order chi connectivity index (χ1) is 11.0. The van der Waals surface area contributed by atoms with Gasteiger partial charge in [-0.15, -0.1) is 0 Å². The summed E-state index contributed by atoms with van der Waals surface area (Å²) in [5.41, 5.74) is 2.38. The first-order valence-electron chi connectivity index (χ1n) is 8.27. The standard InChI is InChI=1S/C18H22N2O2S/c1-23(21,22)19-17-14-9-5-7-13-8-6-10-15(16(13)14)18(17)20-11-3-2-4-12-20/h5-10,17-19H,2-4,11-12H2,1H3/t17-,18+/m0/s1. The summed E-state index contributed by atoms with van der Waals surface area (Å²) in [7, 11) is -3.27. The molecule has 0 bridgehead atoms. The van der Waals surface area contributed by atoms with Gasteiger partial charge >= 0.3 is 0 Å². The van der Waals surface area contributed by atoms with Crippen molar-refractivity contribution in [2.75, 3.05) is 19.3 Å². The quantitative estimate of drug-likeness (QED) is 0.941. The molecule has 2 aromatic rings. The molecule has 1 aliphatic carbocycles. The monoisotopic (exact) mass is 330 g/mol. The molecule has 0 unspecified atom stereocenters. The van der Waals surface area contributed by atoms with Gasteiger partial charge in [-0.25, -0.2) is 13.1 Å². The molecule has 2 atom stereocenters. The van der Waals surface area contributed by atoms with Gasteiger partial charge in [0.1, 0.15) is 0 Å². The van der Waals surface area contributed by atoms with Gasteiger partial charge in [0.2, 0.25) is 10.0 Å². The van der Waals surface area contributed by atoms with Crippen molar-refractivity contribution in [2.24, 2.45) is 0 Å². The van der Waals surface area contributed by atoms with Crippen LogP contribution in [0.3, 0.4) is 0 Å². The average molecular weight is 330 g/mol. The van der Waals surface area contributed by atoms with Crippen LogP contribution in [0.4, 0.5) is 0 Å². The Morgan fingerprint density at radius 2 is 1.65 bits per heavy atom. The third-order valence-corrected chi connectivity index (χ3v) is 5.75. The number of hydrogen-bond acceptors (Lipinski definition) is 3. The van der Waals surface area contributed by atoms with Crippen LogP contribution < -0.4 is 4.72 Å². The summed E-state index contributed by atoms with van der Waals surface area (Å²) >= 11 is 0. The smallest absolute Gasteiger partial charge is 0.209 e. The molecular weight excluding hydrogens is 308 g/mol. The molecule has 0 spiro atoms. The van der Waals surface area contributed by atoms with E-state index >= 15 is 0 Å². The highest BCUT2D eigenvalue weighted by atomic mass is 32.2. The van der Waals surface area contributed by atoms with Gasteiger partial charge in [0.25, 0.3) is 0 Å². The summed E-state index contributed by atoms with van der Waals surface area (Å²) in [5.74, 6) is 0. The third kappa shape index (κ3) is 2.67. The lowest BCUT2D eigenvalue weighted by Crippen LogP contribution is -2.40. The van der Waals surface area contributed by atoms with Crippen LogP contribution in [-0.4, -0.2) is 32.7 Å². The molecule has 1 N–H and O–H groups in total. The molecule has 4 nitrogen and oxygen atoms in total. The second-order valence-electron chi connectivity index (χ2n) is 6.70. The summed E-state index contributed by atoms with van der Waals surface area (Å²) in [6.45, 7) is 2.08. The number of hydrogen-bond donors (Lipinski definition) is 1. The highest BCUT2D eigenvalue weighted by molar-refractivity contribution is 7.88. The van der Waals surface area contributed by atoms with Gasteiger partial charge in [-0.05, 0) is 47.8 Å². The molecule has 1 heterocycles. The van der Waals surface area contributed by atoms with E-state index in [1.54, 1.807) is 0 Å². The van der Waals surface area contributed by atoms with Crippen LogP contribution >= 0.6 is 0 Å². The molecule has 0 saturated carbocycles. The maximum absolute atomic E-state index is 12.0. The zero-order chi connectivity index (χ0) is 16.0. The zero-order valence-electron chi connectivity index (χ0n) is 13.3. The SMILES string of the molecule is CS(=O)(=O)N[C@H]1c2cccc3cccc(c23)[C@H]1N1CCCCC1. The molecule has 1 saturated heterocycles. The van der Waals surface area contributed by atoms with Crippen molar-refractivity contribution < 1.29 is 8.42 Å². The fraction of sp³-hybridized carbons (Fsp3) is 0.444. The number of likely N-dealkylation sites (tertiary alicyclic amines) is 1. The van der Waals surface area contributed by atoms with Gasteiger partial charge in [-0.3, -0.25) is 4.90 Å². The van der Waals surface area contributed by atoms with E-state index in [-0.39, 0.29) is 12.1 Å². The number of sulfonamides is 1. The third-order valence-electron chi connectivity index (χ3n) is 5.06. The van der Waals surface area contributed by atoms with Crippen molar-refractivity contribution >= 4 is 20.8 Å². The first kappa shape index (κ1) is 15.1. The van der Waals surface area contributed by atoms with Gasteiger partial charge < -0.3 is 0 Å². The largest absolute Gasteiger partial charge is 0.294 e. The maximum Gasteiger partial charge on any atom is 0.209 e. The van der Waals surface area contributed by atoms with Crippen molar-refractivity contribution in [2.45, 2.75) is 31.3 Å². The summed E-state index contributed by atoms with van der Waals surface area (Å²) in [6, 6.07) is 12.5. The van der Waals surface area contributed by atoms with E-state index in [0.29, 0.717) is 0 Å². The molecular formula is C18H22N2O2S. The van der Waals surface area contributed by atoms with Gasteiger partial charge in [0.15, 0.2) is 0 Å². The van der Waals surface area contributed by atoms with E-state index < -0.39 is 10.0 Å². The van der Waals surface area contributed by atoms with Gasteiger partial charge in [-0.1, -0.05) is 42.8 Å². The second kappa shape index (κ2) is 5.58. The fourth-order valence-electron chi connectivity index (χ4n) is 4.22. The van der Waals surface area contributed by atoms with E-state index in [2.05, 4.69) is 40.0 Å². The normalized spacial score (nSPS) is 25.1. The Balaban J connectivity index is 1.87. The van der Waals surface area contributed by atoms with Crippen LogP contribution in [0.2, 0.25) is 0 Å². The topological polar surface area (TPSA) is 49.4 Å². The van der Waals surface area contributed by atoms with E-state index in [1.165, 1.54) is 41.9 Å². The minimum Gasteiger partial charge on any atom is -0.294 e. The van der Waals surface area contributed by atoms with Crippen LogP contribution in [0, 0.1) is 0 Å². The van der Waals surface area contributed by atoms with Crippen LogP contribution in [0.5, 0.6) is 0 Å². The Hall–Kier alpha value is -1.43. The average Bonchev–Trinajstić information content (AvgIpc) is 2.83. The molecule has 0 radical (unpaired) electrons. The molecule has 23 heavy (non-hydrogen) atoms. The second-order valence-corrected chi connectivity index (χ2v) is 8.48. The molecule has 0 aromatic heterocycles. The highest BCUT2D eigenvalue weighted by Gasteiger charge is 2.39. The maximum atomic E-state index is 12.0. The van der Waals surface area contributed by atoms with Crippen molar-refractivity contribution in [1.82, 2.24) is 9.62 Å².